The predicted octanol–water partition coefficient (Wildman–Crippen LogP) is 3.67. The summed E-state index contributed by atoms with van der Waals surface area (Å²) < 4.78 is 28.7. The summed E-state index contributed by atoms with van der Waals surface area (Å²) in [7, 11) is 0. The Morgan fingerprint density at radius 2 is 2.04 bits per heavy atom. The van der Waals surface area contributed by atoms with Crippen molar-refractivity contribution in [2.24, 2.45) is 5.92 Å². The van der Waals surface area contributed by atoms with E-state index < -0.39 is 12.5 Å². The molecule has 0 radical (unpaired) electrons. The van der Waals surface area contributed by atoms with Crippen molar-refractivity contribution in [3.05, 3.63) is 23.2 Å². The molecule has 0 spiro atoms. The van der Waals surface area contributed by atoms with Gasteiger partial charge in [-0.3, -0.25) is 9.59 Å². The Labute approximate surface area is 149 Å². The second-order valence-electron chi connectivity index (χ2n) is 6.40. The van der Waals surface area contributed by atoms with E-state index in [1.165, 1.54) is 18.2 Å². The lowest BCUT2D eigenvalue weighted by Gasteiger charge is -2.23. The zero-order valence-corrected chi connectivity index (χ0v) is 14.3. The van der Waals surface area contributed by atoms with Crippen molar-refractivity contribution in [3.63, 3.8) is 0 Å². The number of carbonyl (C=O) groups excluding carboxylic acids is 2. The fourth-order valence-corrected chi connectivity index (χ4v) is 3.72. The van der Waals surface area contributed by atoms with Crippen LogP contribution in [0.4, 0.5) is 14.5 Å². The molecule has 1 aromatic rings. The summed E-state index contributed by atoms with van der Waals surface area (Å²) in [4.78, 5) is 26.4. The molecule has 5 nitrogen and oxygen atoms in total. The average Bonchev–Trinajstić information content (AvgIpc) is 3.18. The second kappa shape index (κ2) is 7.56. The van der Waals surface area contributed by atoms with E-state index in [9.17, 15) is 18.4 Å². The van der Waals surface area contributed by atoms with Crippen molar-refractivity contribution < 1.29 is 23.1 Å². The molecule has 2 fully saturated rings. The molecule has 1 aromatic carbocycles. The van der Waals surface area contributed by atoms with Gasteiger partial charge in [0, 0.05) is 24.7 Å². The van der Waals surface area contributed by atoms with Crippen molar-refractivity contribution >= 4 is 29.1 Å². The van der Waals surface area contributed by atoms with Crippen LogP contribution >= 0.6 is 11.6 Å². The maximum atomic E-state index is 12.4. The van der Waals surface area contributed by atoms with Gasteiger partial charge in [0.05, 0.1) is 10.9 Å². The van der Waals surface area contributed by atoms with E-state index in [1.54, 1.807) is 0 Å². The van der Waals surface area contributed by atoms with Gasteiger partial charge in [0.1, 0.15) is 5.75 Å². The Morgan fingerprint density at radius 1 is 1.32 bits per heavy atom. The van der Waals surface area contributed by atoms with Crippen LogP contribution in [0.2, 0.25) is 5.02 Å². The number of amides is 2. The second-order valence-corrected chi connectivity index (χ2v) is 6.81. The van der Waals surface area contributed by atoms with Gasteiger partial charge in [0.2, 0.25) is 11.8 Å². The number of hydrogen-bond donors (Lipinski definition) is 1. The summed E-state index contributed by atoms with van der Waals surface area (Å²) in [6.45, 7) is -2.54. The van der Waals surface area contributed by atoms with Crippen molar-refractivity contribution in [2.75, 3.05) is 11.9 Å². The third-order valence-electron chi connectivity index (χ3n) is 4.71. The number of alkyl halides is 2. The Balaban J connectivity index is 1.60. The Hall–Kier alpha value is -1.89. The molecule has 1 atom stereocenters. The molecule has 1 heterocycles. The van der Waals surface area contributed by atoms with Crippen molar-refractivity contribution in [1.82, 2.24) is 4.90 Å². The SMILES string of the molecule is O=C(Nc1ccc(OC(F)F)c(Cl)c1)[C@@H]1CC(=O)N(C2CCCC2)C1. The highest BCUT2D eigenvalue weighted by atomic mass is 35.5. The molecule has 1 aliphatic heterocycles. The lowest BCUT2D eigenvalue weighted by Crippen LogP contribution is -2.35. The zero-order valence-electron chi connectivity index (χ0n) is 13.5. The summed E-state index contributed by atoms with van der Waals surface area (Å²) in [5, 5.41) is 2.67. The molecule has 1 N–H and O–H groups in total. The maximum absolute atomic E-state index is 12.4. The van der Waals surface area contributed by atoms with Gasteiger partial charge in [-0.15, -0.1) is 0 Å². The topological polar surface area (TPSA) is 58.6 Å². The first-order valence-electron chi connectivity index (χ1n) is 8.28. The monoisotopic (exact) mass is 372 g/mol. The lowest BCUT2D eigenvalue weighted by atomic mass is 10.1. The van der Waals surface area contributed by atoms with Crippen LogP contribution < -0.4 is 10.1 Å². The van der Waals surface area contributed by atoms with E-state index in [-0.39, 0.29) is 35.0 Å². The number of halogens is 3. The predicted molar refractivity (Wildman–Crippen MR) is 88.8 cm³/mol. The highest BCUT2D eigenvalue weighted by Gasteiger charge is 2.38. The van der Waals surface area contributed by atoms with Gasteiger partial charge in [-0.25, -0.2) is 0 Å². The number of nitrogens with zero attached hydrogens (tertiary/aromatic N) is 1. The van der Waals surface area contributed by atoms with Crippen LogP contribution in [-0.2, 0) is 9.59 Å². The van der Waals surface area contributed by atoms with Gasteiger partial charge in [0.15, 0.2) is 0 Å². The van der Waals surface area contributed by atoms with Gasteiger partial charge in [-0.2, -0.15) is 8.78 Å². The standard InChI is InChI=1S/C17H19ClF2N2O3/c18-13-8-11(5-6-14(13)25-17(19)20)21-16(24)10-7-15(23)22(9-10)12-3-1-2-4-12/h5-6,8,10,12,17H,1-4,7,9H2,(H,21,24)/t10-/m1/s1. The van der Waals surface area contributed by atoms with E-state index in [1.807, 2.05) is 4.90 Å². The Bertz CT molecular complexity index is 665. The third-order valence-corrected chi connectivity index (χ3v) is 5.01. The highest BCUT2D eigenvalue weighted by Crippen LogP contribution is 2.31. The first kappa shape index (κ1) is 17.9. The van der Waals surface area contributed by atoms with Crippen LogP contribution in [-0.4, -0.2) is 35.9 Å². The van der Waals surface area contributed by atoms with Crippen molar-refractivity contribution in [3.8, 4) is 5.75 Å². The zero-order chi connectivity index (χ0) is 18.0. The minimum Gasteiger partial charge on any atom is -0.433 e. The third kappa shape index (κ3) is 4.21. The van der Waals surface area contributed by atoms with Gasteiger partial charge < -0.3 is 15.0 Å². The summed E-state index contributed by atoms with van der Waals surface area (Å²) in [6.07, 6.45) is 4.44. The average molecular weight is 373 g/mol. The number of likely N-dealkylation sites (tertiary alicyclic amines) is 1. The van der Waals surface area contributed by atoms with E-state index in [0.717, 1.165) is 25.7 Å². The molecule has 136 valence electrons. The summed E-state index contributed by atoms with van der Waals surface area (Å²) in [5.74, 6) is -0.819. The van der Waals surface area contributed by atoms with Crippen LogP contribution in [0.3, 0.4) is 0 Å². The lowest BCUT2D eigenvalue weighted by molar-refractivity contribution is -0.129. The minimum atomic E-state index is -2.97. The Morgan fingerprint density at radius 3 is 2.68 bits per heavy atom. The number of carbonyl (C=O) groups is 2. The molecule has 3 rings (SSSR count). The normalized spacial score (nSPS) is 21.2. The summed E-state index contributed by atoms with van der Waals surface area (Å²) in [6, 6.07) is 4.32. The first-order valence-corrected chi connectivity index (χ1v) is 8.66. The molecule has 1 aliphatic carbocycles. The molecule has 2 aliphatic rings. The number of ether oxygens (including phenoxy) is 1. The number of anilines is 1. The number of benzene rings is 1. The molecule has 25 heavy (non-hydrogen) atoms. The fourth-order valence-electron chi connectivity index (χ4n) is 3.49. The number of rotatable bonds is 5. The number of hydrogen-bond acceptors (Lipinski definition) is 3. The van der Waals surface area contributed by atoms with Crippen LogP contribution in [0, 0.1) is 5.92 Å². The maximum Gasteiger partial charge on any atom is 0.387 e. The van der Waals surface area contributed by atoms with Gasteiger partial charge in [-0.1, -0.05) is 24.4 Å². The quantitative estimate of drug-likeness (QED) is 0.857. The van der Waals surface area contributed by atoms with Crippen LogP contribution in [0.5, 0.6) is 5.75 Å². The van der Waals surface area contributed by atoms with Gasteiger partial charge in [-0.05, 0) is 31.0 Å². The van der Waals surface area contributed by atoms with E-state index in [4.69, 9.17) is 11.6 Å². The molecule has 1 saturated carbocycles. The fraction of sp³-hybridized carbons (Fsp3) is 0.529. The molecular formula is C17H19ClF2N2O3. The van der Waals surface area contributed by atoms with Crippen LogP contribution in [0.1, 0.15) is 32.1 Å². The highest BCUT2D eigenvalue weighted by molar-refractivity contribution is 6.32. The van der Waals surface area contributed by atoms with Crippen molar-refractivity contribution in [1.29, 1.82) is 0 Å². The first-order chi connectivity index (χ1) is 11.9. The van der Waals surface area contributed by atoms with E-state index >= 15 is 0 Å². The molecule has 8 heteroatoms. The molecule has 2 amide bonds. The summed E-state index contributed by atoms with van der Waals surface area (Å²) >= 11 is 5.88. The summed E-state index contributed by atoms with van der Waals surface area (Å²) in [5.41, 5.74) is 0.378. The molecule has 0 aromatic heterocycles. The largest absolute Gasteiger partial charge is 0.433 e. The smallest absolute Gasteiger partial charge is 0.387 e. The molecular weight excluding hydrogens is 354 g/mol. The van der Waals surface area contributed by atoms with Gasteiger partial charge in [0.25, 0.3) is 0 Å². The van der Waals surface area contributed by atoms with E-state index in [2.05, 4.69) is 10.1 Å². The molecule has 0 bridgehead atoms. The molecule has 1 saturated heterocycles. The van der Waals surface area contributed by atoms with Crippen LogP contribution in [0.15, 0.2) is 18.2 Å². The Kier molecular flexibility index (Phi) is 5.42. The van der Waals surface area contributed by atoms with Gasteiger partial charge >= 0.3 is 6.61 Å². The van der Waals surface area contributed by atoms with Crippen molar-refractivity contribution in [2.45, 2.75) is 44.8 Å². The molecule has 0 unspecified atom stereocenters. The number of nitrogens with one attached hydrogen (secondary N) is 1. The van der Waals surface area contributed by atoms with Crippen LogP contribution in [0.25, 0.3) is 0 Å². The van der Waals surface area contributed by atoms with E-state index in [0.29, 0.717) is 12.2 Å². The minimum absolute atomic E-state index is 0.0192.